The summed E-state index contributed by atoms with van der Waals surface area (Å²) < 4.78 is 5.01. The normalized spacial score (nSPS) is 10.1. The van der Waals surface area contributed by atoms with Crippen molar-refractivity contribution in [3.63, 3.8) is 0 Å². The second-order valence-electron chi connectivity index (χ2n) is 3.71. The molecular weight excluding hydrogens is 204 g/mol. The summed E-state index contributed by atoms with van der Waals surface area (Å²) in [7, 11) is 5.86. The van der Waals surface area contributed by atoms with Crippen LogP contribution in [0.2, 0.25) is 0 Å². The minimum atomic E-state index is 0. The Morgan fingerprint density at radius 3 is 2.06 bits per heavy atom. The predicted molar refractivity (Wildman–Crippen MR) is 72.0 cm³/mol. The molecule has 0 aromatic carbocycles. The molecule has 0 saturated heterocycles. The summed E-state index contributed by atoms with van der Waals surface area (Å²) in [5.74, 6) is 0. The van der Waals surface area contributed by atoms with Crippen LogP contribution in [-0.2, 0) is 4.74 Å². The molecule has 0 aliphatic carbocycles. The van der Waals surface area contributed by atoms with Gasteiger partial charge in [0.1, 0.15) is 0 Å². The number of hydrogen-bond acceptors (Lipinski definition) is 4. The number of rotatable bonds is 9. The molecule has 0 saturated carbocycles. The maximum absolute atomic E-state index is 8.85. The van der Waals surface area contributed by atoms with Gasteiger partial charge in [0.05, 0.1) is 13.2 Å². The van der Waals surface area contributed by atoms with Crippen LogP contribution < -0.4 is 0 Å². The van der Waals surface area contributed by atoms with E-state index in [1.165, 1.54) is 0 Å². The molecule has 0 bridgehead atoms. The van der Waals surface area contributed by atoms with Crippen LogP contribution in [0, 0.1) is 0 Å². The number of ether oxygens (including phenoxy) is 1. The van der Waals surface area contributed by atoms with E-state index in [-0.39, 0.29) is 21.5 Å². The van der Waals surface area contributed by atoms with Gasteiger partial charge in [-0.2, -0.15) is 0 Å². The molecule has 0 atom stereocenters. The first-order valence-corrected chi connectivity index (χ1v) is 5.17. The average molecular weight is 236 g/mol. The zero-order valence-electron chi connectivity index (χ0n) is 9.70. The van der Waals surface area contributed by atoms with Crippen molar-refractivity contribution in [3.05, 3.63) is 0 Å². The summed E-state index contributed by atoms with van der Waals surface area (Å²) in [6.45, 7) is 4.74. The molecule has 0 amide bonds. The molecular formula is C12H32N2O2. The first-order chi connectivity index (χ1) is 6.70. The molecule has 0 aromatic heterocycles. The van der Waals surface area contributed by atoms with E-state index in [1.54, 1.807) is 7.11 Å². The molecule has 0 radical (unpaired) electrons. The van der Waals surface area contributed by atoms with Crippen molar-refractivity contribution in [2.45, 2.75) is 21.3 Å². The number of methoxy groups -OCH3 is 1. The summed E-state index contributed by atoms with van der Waals surface area (Å²) in [4.78, 5) is 4.40. The van der Waals surface area contributed by atoms with Gasteiger partial charge in [0.15, 0.2) is 0 Å². The number of aliphatic hydroxyl groups excluding tert-OH is 1. The third-order valence-corrected chi connectivity index (χ3v) is 2.11. The van der Waals surface area contributed by atoms with Crippen LogP contribution in [0.15, 0.2) is 0 Å². The molecule has 0 rings (SSSR count). The van der Waals surface area contributed by atoms with Gasteiger partial charge in [-0.3, -0.25) is 4.90 Å². The third-order valence-electron chi connectivity index (χ3n) is 2.11. The Balaban J connectivity index is -0.000000845. The fourth-order valence-corrected chi connectivity index (χ4v) is 1.31. The predicted octanol–water partition coefficient (Wildman–Crippen LogP) is 1.15. The van der Waals surface area contributed by atoms with E-state index in [0.29, 0.717) is 0 Å². The Labute approximate surface area is 102 Å². The van der Waals surface area contributed by atoms with E-state index in [0.717, 1.165) is 39.2 Å². The summed E-state index contributed by atoms with van der Waals surface area (Å²) in [6.07, 6.45) is 1.14. The van der Waals surface area contributed by atoms with Gasteiger partial charge in [0.25, 0.3) is 0 Å². The Morgan fingerprint density at radius 2 is 1.62 bits per heavy atom. The smallest absolute Gasteiger partial charge is 0.0589 e. The highest BCUT2D eigenvalue weighted by atomic mass is 16.5. The standard InChI is InChI=1S/C10H24N2O2.2CH4/c1-11(2)5-4-6-12(7-9-13)8-10-14-3;;/h13H,4-10H2,1-3H3;2*1H4. The Bertz CT molecular complexity index is 122. The van der Waals surface area contributed by atoms with E-state index in [4.69, 9.17) is 9.84 Å². The molecule has 0 aromatic rings. The minimum Gasteiger partial charge on any atom is -0.395 e. The monoisotopic (exact) mass is 236 g/mol. The maximum atomic E-state index is 8.85. The van der Waals surface area contributed by atoms with Crippen molar-refractivity contribution in [2.75, 3.05) is 60.6 Å². The lowest BCUT2D eigenvalue weighted by atomic mass is 10.3. The Morgan fingerprint density at radius 1 is 1.00 bits per heavy atom. The first-order valence-electron chi connectivity index (χ1n) is 5.17. The molecule has 0 spiro atoms. The zero-order chi connectivity index (χ0) is 10.8. The average Bonchev–Trinajstić information content (AvgIpc) is 2.13. The van der Waals surface area contributed by atoms with Crippen molar-refractivity contribution in [3.8, 4) is 0 Å². The van der Waals surface area contributed by atoms with Crippen LogP contribution in [0.5, 0.6) is 0 Å². The van der Waals surface area contributed by atoms with E-state index >= 15 is 0 Å². The molecule has 4 heteroatoms. The van der Waals surface area contributed by atoms with Crippen LogP contribution >= 0.6 is 0 Å². The number of aliphatic hydroxyl groups is 1. The first kappa shape index (κ1) is 21.2. The van der Waals surface area contributed by atoms with Crippen LogP contribution in [0.1, 0.15) is 21.3 Å². The van der Waals surface area contributed by atoms with Crippen LogP contribution in [0.3, 0.4) is 0 Å². The van der Waals surface area contributed by atoms with Gasteiger partial charge in [0.2, 0.25) is 0 Å². The number of hydrogen-bond donors (Lipinski definition) is 1. The van der Waals surface area contributed by atoms with Crippen LogP contribution in [0.4, 0.5) is 0 Å². The topological polar surface area (TPSA) is 35.9 Å². The minimum absolute atomic E-state index is 0. The Kier molecular flexibility index (Phi) is 19.6. The molecule has 0 fully saturated rings. The van der Waals surface area contributed by atoms with Gasteiger partial charge in [-0.1, -0.05) is 14.9 Å². The quantitative estimate of drug-likeness (QED) is 0.651. The van der Waals surface area contributed by atoms with E-state index in [1.807, 2.05) is 0 Å². The molecule has 1 N–H and O–H groups in total. The highest BCUT2D eigenvalue weighted by Crippen LogP contribution is 1.92. The van der Waals surface area contributed by atoms with Gasteiger partial charge in [0, 0.05) is 20.2 Å². The van der Waals surface area contributed by atoms with E-state index in [9.17, 15) is 0 Å². The fraction of sp³-hybridized carbons (Fsp3) is 1.00. The fourth-order valence-electron chi connectivity index (χ4n) is 1.31. The molecule has 0 unspecified atom stereocenters. The van der Waals surface area contributed by atoms with Gasteiger partial charge < -0.3 is 14.7 Å². The van der Waals surface area contributed by atoms with Crippen molar-refractivity contribution >= 4 is 0 Å². The second kappa shape index (κ2) is 14.8. The largest absolute Gasteiger partial charge is 0.395 e. The molecule has 102 valence electrons. The van der Waals surface area contributed by atoms with Crippen molar-refractivity contribution < 1.29 is 9.84 Å². The highest BCUT2D eigenvalue weighted by Gasteiger charge is 2.03. The summed E-state index contributed by atoms with van der Waals surface area (Å²) in [6, 6.07) is 0. The second-order valence-corrected chi connectivity index (χ2v) is 3.71. The lowest BCUT2D eigenvalue weighted by Crippen LogP contribution is -2.32. The molecule has 0 aliphatic rings. The SMILES string of the molecule is C.C.COCCN(CCO)CCCN(C)C. The summed E-state index contributed by atoms with van der Waals surface area (Å²) in [5, 5.41) is 8.85. The van der Waals surface area contributed by atoms with Crippen LogP contribution in [-0.4, -0.2) is 75.5 Å². The summed E-state index contributed by atoms with van der Waals surface area (Å²) >= 11 is 0. The van der Waals surface area contributed by atoms with Gasteiger partial charge in [-0.05, 0) is 33.6 Å². The van der Waals surface area contributed by atoms with Crippen molar-refractivity contribution in [2.24, 2.45) is 0 Å². The zero-order valence-corrected chi connectivity index (χ0v) is 9.70. The molecule has 0 heterocycles. The van der Waals surface area contributed by atoms with E-state index < -0.39 is 0 Å². The van der Waals surface area contributed by atoms with Crippen molar-refractivity contribution in [1.82, 2.24) is 9.80 Å². The van der Waals surface area contributed by atoms with Crippen LogP contribution in [0.25, 0.3) is 0 Å². The molecule has 16 heavy (non-hydrogen) atoms. The van der Waals surface area contributed by atoms with Gasteiger partial charge in [-0.15, -0.1) is 0 Å². The molecule has 0 aliphatic heterocycles. The maximum Gasteiger partial charge on any atom is 0.0589 e. The van der Waals surface area contributed by atoms with E-state index in [2.05, 4.69) is 23.9 Å². The lowest BCUT2D eigenvalue weighted by molar-refractivity contribution is 0.128. The number of nitrogens with zero attached hydrogens (tertiary/aromatic N) is 2. The lowest BCUT2D eigenvalue weighted by Gasteiger charge is -2.21. The Hall–Kier alpha value is -0.160. The van der Waals surface area contributed by atoms with Crippen molar-refractivity contribution in [1.29, 1.82) is 0 Å². The van der Waals surface area contributed by atoms with Gasteiger partial charge >= 0.3 is 0 Å². The molecule has 4 nitrogen and oxygen atoms in total. The van der Waals surface area contributed by atoms with Gasteiger partial charge in [-0.25, -0.2) is 0 Å². The third kappa shape index (κ3) is 13.8. The highest BCUT2D eigenvalue weighted by molar-refractivity contribution is 4.58. The summed E-state index contributed by atoms with van der Waals surface area (Å²) in [5.41, 5.74) is 0.